The summed E-state index contributed by atoms with van der Waals surface area (Å²) in [4.78, 5) is 18.4. The first-order chi connectivity index (χ1) is 9.97. The lowest BCUT2D eigenvalue weighted by Crippen LogP contribution is -2.34. The molecule has 0 spiro atoms. The molecule has 1 unspecified atom stereocenters. The largest absolute Gasteiger partial charge is 0.446 e. The average molecular weight is 296 g/mol. The van der Waals surface area contributed by atoms with Gasteiger partial charge in [0.1, 0.15) is 6.26 Å². The Morgan fingerprint density at radius 1 is 1.43 bits per heavy atom. The number of oxazole rings is 1. The van der Waals surface area contributed by atoms with Gasteiger partial charge in [0, 0.05) is 13.1 Å². The summed E-state index contributed by atoms with van der Waals surface area (Å²) in [6.45, 7) is 11.8. The first kappa shape index (κ1) is 17.7. The minimum Gasteiger partial charge on any atom is -0.446 e. The topological polar surface area (TPSA) is 84.4 Å². The van der Waals surface area contributed by atoms with E-state index in [1.54, 1.807) is 0 Å². The van der Waals surface area contributed by atoms with Crippen molar-refractivity contribution in [3.63, 3.8) is 0 Å². The van der Waals surface area contributed by atoms with Gasteiger partial charge in [0.05, 0.1) is 6.04 Å². The van der Waals surface area contributed by atoms with Gasteiger partial charge in [0.2, 0.25) is 5.89 Å². The molecule has 1 heterocycles. The molecule has 0 fully saturated rings. The van der Waals surface area contributed by atoms with Gasteiger partial charge < -0.3 is 20.4 Å². The van der Waals surface area contributed by atoms with E-state index < -0.39 is 0 Å². The van der Waals surface area contributed by atoms with E-state index >= 15 is 0 Å². The van der Waals surface area contributed by atoms with E-state index in [9.17, 15) is 4.79 Å². The standard InChI is InChI=1S/C15H28N4O2/c1-5-19(6-2)8-7-17-14(20)13-10-21-15(18-13)12(16)9-11(3)4/h10-12H,5-9,16H2,1-4H3,(H,17,20). The second-order valence-electron chi connectivity index (χ2n) is 5.59. The van der Waals surface area contributed by atoms with Gasteiger partial charge in [-0.1, -0.05) is 27.7 Å². The van der Waals surface area contributed by atoms with E-state index in [1.165, 1.54) is 6.26 Å². The summed E-state index contributed by atoms with van der Waals surface area (Å²) in [6, 6.07) is -0.262. The van der Waals surface area contributed by atoms with Crippen LogP contribution in [0.3, 0.4) is 0 Å². The van der Waals surface area contributed by atoms with E-state index in [4.69, 9.17) is 10.2 Å². The Balaban J connectivity index is 2.46. The molecule has 1 amide bonds. The van der Waals surface area contributed by atoms with Gasteiger partial charge >= 0.3 is 0 Å². The number of rotatable bonds is 9. The van der Waals surface area contributed by atoms with Crippen LogP contribution < -0.4 is 11.1 Å². The van der Waals surface area contributed by atoms with Gasteiger partial charge in [-0.25, -0.2) is 4.98 Å². The first-order valence-electron chi connectivity index (χ1n) is 7.69. The van der Waals surface area contributed by atoms with Crippen molar-refractivity contribution in [2.45, 2.75) is 40.2 Å². The fraction of sp³-hybridized carbons (Fsp3) is 0.733. The number of nitrogens with one attached hydrogen (secondary N) is 1. The summed E-state index contributed by atoms with van der Waals surface area (Å²) >= 11 is 0. The van der Waals surface area contributed by atoms with Crippen molar-refractivity contribution in [1.82, 2.24) is 15.2 Å². The highest BCUT2D eigenvalue weighted by molar-refractivity contribution is 5.91. The summed E-state index contributed by atoms with van der Waals surface area (Å²) in [5.74, 6) is 0.671. The first-order valence-corrected chi connectivity index (χ1v) is 7.69. The molecule has 0 aliphatic heterocycles. The molecule has 0 aliphatic rings. The van der Waals surface area contributed by atoms with Crippen LogP contribution >= 0.6 is 0 Å². The van der Waals surface area contributed by atoms with Crippen molar-refractivity contribution in [1.29, 1.82) is 0 Å². The summed E-state index contributed by atoms with van der Waals surface area (Å²) < 4.78 is 5.31. The number of carbonyl (C=O) groups is 1. The molecule has 0 saturated carbocycles. The van der Waals surface area contributed by atoms with Crippen LogP contribution in [0.1, 0.15) is 56.5 Å². The zero-order chi connectivity index (χ0) is 15.8. The van der Waals surface area contributed by atoms with Crippen LogP contribution in [0.2, 0.25) is 0 Å². The highest BCUT2D eigenvalue weighted by Gasteiger charge is 2.17. The molecule has 0 radical (unpaired) electrons. The van der Waals surface area contributed by atoms with E-state index in [0.717, 1.165) is 26.1 Å². The molecule has 1 aromatic heterocycles. The second kappa shape index (κ2) is 8.79. The molecule has 0 saturated heterocycles. The Morgan fingerprint density at radius 2 is 2.10 bits per heavy atom. The lowest BCUT2D eigenvalue weighted by Gasteiger charge is -2.17. The number of carbonyl (C=O) groups excluding carboxylic acids is 1. The van der Waals surface area contributed by atoms with Crippen molar-refractivity contribution in [2.75, 3.05) is 26.2 Å². The van der Waals surface area contributed by atoms with Crippen molar-refractivity contribution in [2.24, 2.45) is 11.7 Å². The summed E-state index contributed by atoms with van der Waals surface area (Å²) in [5.41, 5.74) is 6.29. The quantitative estimate of drug-likeness (QED) is 0.726. The van der Waals surface area contributed by atoms with E-state index in [2.05, 4.69) is 42.9 Å². The van der Waals surface area contributed by atoms with Gasteiger partial charge in [0.25, 0.3) is 5.91 Å². The Kier molecular flexibility index (Phi) is 7.39. The number of amides is 1. The zero-order valence-corrected chi connectivity index (χ0v) is 13.6. The van der Waals surface area contributed by atoms with Crippen LogP contribution in [-0.2, 0) is 0 Å². The highest BCUT2D eigenvalue weighted by atomic mass is 16.3. The predicted octanol–water partition coefficient (Wildman–Crippen LogP) is 1.79. The lowest BCUT2D eigenvalue weighted by molar-refractivity contribution is 0.0944. The monoisotopic (exact) mass is 296 g/mol. The molecule has 1 atom stereocenters. The zero-order valence-electron chi connectivity index (χ0n) is 13.6. The van der Waals surface area contributed by atoms with Crippen LogP contribution in [-0.4, -0.2) is 42.0 Å². The lowest BCUT2D eigenvalue weighted by atomic mass is 10.0. The van der Waals surface area contributed by atoms with Crippen molar-refractivity contribution in [3.8, 4) is 0 Å². The van der Waals surface area contributed by atoms with Crippen LogP contribution in [0.5, 0.6) is 0 Å². The molecule has 21 heavy (non-hydrogen) atoms. The molecule has 120 valence electrons. The number of nitrogens with two attached hydrogens (primary N) is 1. The molecule has 3 N–H and O–H groups in total. The average Bonchev–Trinajstić information content (AvgIpc) is 2.92. The van der Waals surface area contributed by atoms with Gasteiger partial charge in [0.15, 0.2) is 5.69 Å². The fourth-order valence-corrected chi connectivity index (χ4v) is 2.13. The van der Waals surface area contributed by atoms with Crippen LogP contribution in [0.25, 0.3) is 0 Å². The summed E-state index contributed by atoms with van der Waals surface area (Å²) in [5, 5.41) is 2.85. The molecule has 6 nitrogen and oxygen atoms in total. The molecule has 6 heteroatoms. The maximum atomic E-state index is 12.0. The van der Waals surface area contributed by atoms with Gasteiger partial charge in [-0.05, 0) is 25.4 Å². The number of nitrogens with zero attached hydrogens (tertiary/aromatic N) is 2. The second-order valence-corrected chi connectivity index (χ2v) is 5.59. The van der Waals surface area contributed by atoms with Crippen molar-refractivity contribution >= 4 is 5.91 Å². The highest BCUT2D eigenvalue weighted by Crippen LogP contribution is 2.17. The van der Waals surface area contributed by atoms with E-state index in [0.29, 0.717) is 24.0 Å². The number of hydrogen-bond acceptors (Lipinski definition) is 5. The van der Waals surface area contributed by atoms with Gasteiger partial charge in [-0.2, -0.15) is 0 Å². The molecule has 0 aromatic carbocycles. The molecule has 0 bridgehead atoms. The third-order valence-corrected chi connectivity index (χ3v) is 3.41. The number of hydrogen-bond donors (Lipinski definition) is 2. The molecule has 1 aromatic rings. The Bertz CT molecular complexity index is 427. The van der Waals surface area contributed by atoms with Crippen LogP contribution in [0.4, 0.5) is 0 Å². The maximum absolute atomic E-state index is 12.0. The number of aromatic nitrogens is 1. The van der Waals surface area contributed by atoms with E-state index in [1.807, 2.05) is 0 Å². The molecule has 1 rings (SSSR count). The van der Waals surface area contributed by atoms with Crippen molar-refractivity contribution in [3.05, 3.63) is 17.8 Å². The number of likely N-dealkylation sites (N-methyl/N-ethyl adjacent to an activating group) is 1. The van der Waals surface area contributed by atoms with Crippen LogP contribution in [0.15, 0.2) is 10.7 Å². The van der Waals surface area contributed by atoms with Crippen molar-refractivity contribution < 1.29 is 9.21 Å². The fourth-order valence-electron chi connectivity index (χ4n) is 2.13. The minimum atomic E-state index is -0.262. The Hall–Kier alpha value is -1.40. The Labute approximate surface area is 127 Å². The van der Waals surface area contributed by atoms with E-state index in [-0.39, 0.29) is 11.9 Å². The summed E-state index contributed by atoms with van der Waals surface area (Å²) in [6.07, 6.45) is 2.16. The SMILES string of the molecule is CCN(CC)CCNC(=O)c1coc(C(N)CC(C)C)n1. The minimum absolute atomic E-state index is 0.214. The third kappa shape index (κ3) is 5.85. The maximum Gasteiger partial charge on any atom is 0.273 e. The van der Waals surface area contributed by atoms with Gasteiger partial charge in [-0.15, -0.1) is 0 Å². The Morgan fingerprint density at radius 3 is 2.67 bits per heavy atom. The predicted molar refractivity (Wildman–Crippen MR) is 83.0 cm³/mol. The van der Waals surface area contributed by atoms with Crippen LogP contribution in [0, 0.1) is 5.92 Å². The summed E-state index contributed by atoms with van der Waals surface area (Å²) in [7, 11) is 0. The van der Waals surface area contributed by atoms with Gasteiger partial charge in [-0.3, -0.25) is 4.79 Å². The normalized spacial score (nSPS) is 12.9. The molecule has 0 aliphatic carbocycles. The third-order valence-electron chi connectivity index (χ3n) is 3.41. The molecular formula is C15H28N4O2. The smallest absolute Gasteiger partial charge is 0.273 e. The molecular weight excluding hydrogens is 268 g/mol.